The van der Waals surface area contributed by atoms with Gasteiger partial charge in [0.05, 0.1) is 17.9 Å². The Hall–Kier alpha value is -2.90. The highest BCUT2D eigenvalue weighted by Gasteiger charge is 2.44. The average molecular weight is 489 g/mol. The Morgan fingerprint density at radius 3 is 2.49 bits per heavy atom. The lowest BCUT2D eigenvalue weighted by molar-refractivity contribution is 0.0772. The number of carbonyl (C=O) groups is 1. The number of amides is 1. The predicted molar refractivity (Wildman–Crippen MR) is 140 cm³/mol. The quantitative estimate of drug-likeness (QED) is 0.422. The monoisotopic (exact) mass is 488 g/mol. The van der Waals surface area contributed by atoms with E-state index in [4.69, 9.17) is 4.74 Å². The first-order valence-corrected chi connectivity index (χ1v) is 13.7. The summed E-state index contributed by atoms with van der Waals surface area (Å²) in [6.45, 7) is 6.40. The Kier molecular flexibility index (Phi) is 5.98. The SMILES string of the molecule is CCN(CC)C(=O)c1ccc2c(c1)Oc1ccccc1N2[C@@H]1C[C@H]2CC[C@@H](C1)N2Cc1nccs1. The van der Waals surface area contributed by atoms with E-state index in [9.17, 15) is 4.79 Å². The molecular weight excluding hydrogens is 456 g/mol. The minimum atomic E-state index is 0.0559. The number of nitrogens with zero attached hydrogens (tertiary/aromatic N) is 4. The minimum Gasteiger partial charge on any atom is -0.453 e. The highest BCUT2D eigenvalue weighted by Crippen LogP contribution is 2.51. The number of anilines is 2. The summed E-state index contributed by atoms with van der Waals surface area (Å²) in [5.74, 6) is 1.70. The number of thiazole rings is 1. The average Bonchev–Trinajstić information content (AvgIpc) is 3.47. The fraction of sp³-hybridized carbons (Fsp3) is 0.429. The molecule has 0 spiro atoms. The van der Waals surface area contributed by atoms with Gasteiger partial charge in [-0.15, -0.1) is 11.3 Å². The van der Waals surface area contributed by atoms with E-state index in [-0.39, 0.29) is 5.91 Å². The van der Waals surface area contributed by atoms with E-state index in [1.54, 1.807) is 11.3 Å². The van der Waals surface area contributed by atoms with Crippen molar-refractivity contribution in [3.63, 3.8) is 0 Å². The van der Waals surface area contributed by atoms with E-state index in [0.29, 0.717) is 36.8 Å². The molecule has 35 heavy (non-hydrogen) atoms. The molecule has 0 radical (unpaired) electrons. The summed E-state index contributed by atoms with van der Waals surface area (Å²) < 4.78 is 6.37. The van der Waals surface area contributed by atoms with Crippen LogP contribution in [0.4, 0.5) is 11.4 Å². The Balaban J connectivity index is 1.32. The predicted octanol–water partition coefficient (Wildman–Crippen LogP) is 6.06. The zero-order valence-electron chi connectivity index (χ0n) is 20.4. The number of piperidine rings is 1. The van der Waals surface area contributed by atoms with Crippen LogP contribution in [-0.2, 0) is 6.54 Å². The lowest BCUT2D eigenvalue weighted by Gasteiger charge is -2.45. The van der Waals surface area contributed by atoms with E-state index in [0.717, 1.165) is 42.3 Å². The van der Waals surface area contributed by atoms with Gasteiger partial charge in [0.1, 0.15) is 5.01 Å². The van der Waals surface area contributed by atoms with Crippen LogP contribution in [0, 0.1) is 0 Å². The molecule has 2 aromatic carbocycles. The van der Waals surface area contributed by atoms with Gasteiger partial charge in [-0.25, -0.2) is 4.98 Å². The van der Waals surface area contributed by atoms with Crippen LogP contribution in [-0.4, -0.2) is 51.9 Å². The van der Waals surface area contributed by atoms with Crippen molar-refractivity contribution in [2.24, 2.45) is 0 Å². The second-order valence-electron chi connectivity index (χ2n) is 9.71. The summed E-state index contributed by atoms with van der Waals surface area (Å²) in [4.78, 5) is 24.6. The maximum atomic E-state index is 13.0. The van der Waals surface area contributed by atoms with Gasteiger partial charge in [-0.05, 0) is 69.9 Å². The van der Waals surface area contributed by atoms with Gasteiger partial charge < -0.3 is 14.5 Å². The van der Waals surface area contributed by atoms with Gasteiger partial charge in [0.15, 0.2) is 11.5 Å². The number of aromatic nitrogens is 1. The molecule has 1 aromatic heterocycles. The number of rotatable bonds is 6. The second-order valence-corrected chi connectivity index (χ2v) is 10.7. The van der Waals surface area contributed by atoms with E-state index >= 15 is 0 Å². The Morgan fingerprint density at radius 2 is 1.77 bits per heavy atom. The summed E-state index contributed by atoms with van der Waals surface area (Å²) in [7, 11) is 0. The molecule has 182 valence electrons. The number of para-hydroxylation sites is 2. The normalized spacial score (nSPS) is 22.9. The summed E-state index contributed by atoms with van der Waals surface area (Å²) in [6, 6.07) is 15.8. The fourth-order valence-corrected chi connectivity index (χ4v) is 6.83. The third-order valence-corrected chi connectivity index (χ3v) is 8.65. The lowest BCUT2D eigenvalue weighted by Crippen LogP contribution is -2.49. The van der Waals surface area contributed by atoms with Gasteiger partial charge in [0.2, 0.25) is 0 Å². The first-order valence-electron chi connectivity index (χ1n) is 12.8. The number of ether oxygens (including phenoxy) is 1. The molecule has 0 saturated carbocycles. The van der Waals surface area contributed by atoms with Crippen LogP contribution in [0.25, 0.3) is 0 Å². The maximum absolute atomic E-state index is 13.0. The van der Waals surface area contributed by atoms with Crippen LogP contribution in [0.1, 0.15) is 54.9 Å². The zero-order chi connectivity index (χ0) is 23.9. The van der Waals surface area contributed by atoms with Crippen molar-refractivity contribution >= 4 is 28.6 Å². The van der Waals surface area contributed by atoms with Gasteiger partial charge in [-0.2, -0.15) is 0 Å². The molecule has 0 aliphatic carbocycles. The highest BCUT2D eigenvalue weighted by molar-refractivity contribution is 7.09. The van der Waals surface area contributed by atoms with Gasteiger partial charge in [-0.3, -0.25) is 9.69 Å². The fourth-order valence-electron chi connectivity index (χ4n) is 6.21. The molecule has 1 amide bonds. The van der Waals surface area contributed by atoms with Crippen LogP contribution in [0.5, 0.6) is 11.5 Å². The molecule has 3 aromatic rings. The number of carbonyl (C=O) groups excluding carboxylic acids is 1. The van der Waals surface area contributed by atoms with E-state index in [1.807, 2.05) is 49.2 Å². The van der Waals surface area contributed by atoms with Crippen molar-refractivity contribution in [3.8, 4) is 11.5 Å². The molecule has 2 fully saturated rings. The molecule has 3 atom stereocenters. The van der Waals surface area contributed by atoms with Crippen molar-refractivity contribution in [1.82, 2.24) is 14.8 Å². The minimum absolute atomic E-state index is 0.0559. The van der Waals surface area contributed by atoms with E-state index in [2.05, 4.69) is 38.4 Å². The topological polar surface area (TPSA) is 48.9 Å². The third-order valence-electron chi connectivity index (χ3n) is 7.89. The first kappa shape index (κ1) is 22.6. The Morgan fingerprint density at radius 1 is 1.03 bits per heavy atom. The smallest absolute Gasteiger partial charge is 0.253 e. The molecule has 6 rings (SSSR count). The highest BCUT2D eigenvalue weighted by atomic mass is 32.1. The molecular formula is C28H32N4O2S. The molecule has 2 bridgehead atoms. The lowest BCUT2D eigenvalue weighted by atomic mass is 9.93. The summed E-state index contributed by atoms with van der Waals surface area (Å²) >= 11 is 1.76. The molecule has 0 unspecified atom stereocenters. The first-order chi connectivity index (χ1) is 17.2. The van der Waals surface area contributed by atoms with Crippen molar-refractivity contribution < 1.29 is 9.53 Å². The summed E-state index contributed by atoms with van der Waals surface area (Å²) in [6.07, 6.45) is 6.66. The molecule has 3 aliphatic rings. The van der Waals surface area contributed by atoms with Crippen molar-refractivity contribution in [1.29, 1.82) is 0 Å². The van der Waals surface area contributed by atoms with Gasteiger partial charge in [0, 0.05) is 48.4 Å². The van der Waals surface area contributed by atoms with Crippen LogP contribution >= 0.6 is 11.3 Å². The third kappa shape index (κ3) is 4.00. The summed E-state index contributed by atoms with van der Waals surface area (Å²) in [5, 5.41) is 3.29. The van der Waals surface area contributed by atoms with Crippen LogP contribution in [0.2, 0.25) is 0 Å². The van der Waals surface area contributed by atoms with Crippen LogP contribution in [0.15, 0.2) is 54.0 Å². The zero-order valence-corrected chi connectivity index (χ0v) is 21.2. The Bertz CT molecular complexity index is 1200. The molecule has 6 nitrogen and oxygen atoms in total. The second kappa shape index (κ2) is 9.28. The van der Waals surface area contributed by atoms with E-state index in [1.165, 1.54) is 17.8 Å². The Labute approximate surface area is 211 Å². The number of benzene rings is 2. The van der Waals surface area contributed by atoms with Crippen LogP contribution in [0.3, 0.4) is 0 Å². The van der Waals surface area contributed by atoms with Crippen molar-refractivity contribution in [2.45, 2.75) is 64.2 Å². The standard InChI is InChI=1S/C28H32N4O2S/c1-3-30(4-2)28(33)19-9-12-24-26(15-19)34-25-8-6-5-7-23(25)32(24)22-16-20-10-11-21(17-22)31(20)18-27-29-13-14-35-27/h5-9,12-15,20-22H,3-4,10-11,16-18H2,1-2H3/t20-,21+,22-. The van der Waals surface area contributed by atoms with Gasteiger partial charge >= 0.3 is 0 Å². The van der Waals surface area contributed by atoms with Crippen LogP contribution < -0.4 is 9.64 Å². The maximum Gasteiger partial charge on any atom is 0.253 e. The number of hydrogen-bond acceptors (Lipinski definition) is 6. The number of fused-ring (bicyclic) bond motifs is 4. The summed E-state index contributed by atoms with van der Waals surface area (Å²) in [5.41, 5.74) is 2.88. The molecule has 7 heteroatoms. The molecule has 3 aliphatic heterocycles. The van der Waals surface area contributed by atoms with Gasteiger partial charge in [0.25, 0.3) is 5.91 Å². The van der Waals surface area contributed by atoms with Crippen molar-refractivity contribution in [2.75, 3.05) is 18.0 Å². The van der Waals surface area contributed by atoms with Crippen molar-refractivity contribution in [3.05, 3.63) is 64.6 Å². The molecule has 2 saturated heterocycles. The van der Waals surface area contributed by atoms with E-state index < -0.39 is 0 Å². The number of hydrogen-bond donors (Lipinski definition) is 0. The largest absolute Gasteiger partial charge is 0.453 e. The molecule has 4 heterocycles. The molecule has 0 N–H and O–H groups in total. The van der Waals surface area contributed by atoms with Gasteiger partial charge in [-0.1, -0.05) is 12.1 Å².